The summed E-state index contributed by atoms with van der Waals surface area (Å²) in [6.45, 7) is -0.626. The first-order valence-electron chi connectivity index (χ1n) is 9.43. The van der Waals surface area contributed by atoms with Crippen molar-refractivity contribution in [1.29, 1.82) is 0 Å². The van der Waals surface area contributed by atoms with E-state index < -0.39 is 54.3 Å². The highest BCUT2D eigenvalue weighted by Gasteiger charge is 2.28. The molecule has 0 bridgehead atoms. The fraction of sp³-hybridized carbons (Fsp3) is 0.421. The molecule has 0 saturated heterocycles. The number of carboxylic acid groups (broad SMARTS) is 1. The molecule has 0 aliphatic heterocycles. The molecule has 0 aliphatic carbocycles. The Kier molecular flexibility index (Phi) is 11.1. The fourth-order valence-electron chi connectivity index (χ4n) is 2.53. The van der Waals surface area contributed by atoms with E-state index in [-0.39, 0.29) is 25.0 Å². The molecular weight excluding hydrogens is 426 g/mol. The summed E-state index contributed by atoms with van der Waals surface area (Å²) in [4.78, 5) is 59.3. The Morgan fingerprint density at radius 1 is 0.968 bits per heavy atom. The second-order valence-electron chi connectivity index (χ2n) is 6.72. The molecule has 11 nitrogen and oxygen atoms in total. The molecular formula is C19H27N5O6S. The Balaban J connectivity index is 2.99. The average Bonchev–Trinajstić information content (AvgIpc) is 2.73. The van der Waals surface area contributed by atoms with Gasteiger partial charge in [-0.15, -0.1) is 0 Å². The van der Waals surface area contributed by atoms with Crippen LogP contribution < -0.4 is 27.4 Å². The number of carbonyl (C=O) groups excluding carboxylic acids is 4. The highest BCUT2D eigenvalue weighted by atomic mass is 32.1. The van der Waals surface area contributed by atoms with Crippen molar-refractivity contribution in [2.45, 2.75) is 37.4 Å². The molecule has 0 spiro atoms. The minimum absolute atomic E-state index is 0.0320. The first kappa shape index (κ1) is 25.9. The number of carboxylic acids is 1. The predicted molar refractivity (Wildman–Crippen MR) is 115 cm³/mol. The Labute approximate surface area is 184 Å². The van der Waals surface area contributed by atoms with Gasteiger partial charge in [-0.25, -0.2) is 0 Å². The second-order valence-corrected chi connectivity index (χ2v) is 7.08. The molecule has 8 N–H and O–H groups in total. The summed E-state index contributed by atoms with van der Waals surface area (Å²) in [6, 6.07) is 5.46. The van der Waals surface area contributed by atoms with E-state index in [1.54, 1.807) is 30.3 Å². The number of hydrogen-bond donors (Lipinski definition) is 7. The molecule has 0 fully saturated rings. The number of carbonyl (C=O) groups is 5. The maximum absolute atomic E-state index is 12.8. The van der Waals surface area contributed by atoms with Gasteiger partial charge in [0.25, 0.3) is 0 Å². The van der Waals surface area contributed by atoms with Crippen LogP contribution >= 0.6 is 12.6 Å². The van der Waals surface area contributed by atoms with Crippen LogP contribution in [0.3, 0.4) is 0 Å². The van der Waals surface area contributed by atoms with Gasteiger partial charge in [-0.05, 0) is 12.0 Å². The largest absolute Gasteiger partial charge is 0.480 e. The topological polar surface area (TPSA) is 194 Å². The first-order chi connectivity index (χ1) is 14.6. The van der Waals surface area contributed by atoms with Crippen LogP contribution in [0.4, 0.5) is 0 Å². The zero-order valence-electron chi connectivity index (χ0n) is 16.7. The summed E-state index contributed by atoms with van der Waals surface area (Å²) in [6.07, 6.45) is -0.227. The summed E-state index contributed by atoms with van der Waals surface area (Å²) in [5, 5.41) is 15.9. The van der Waals surface area contributed by atoms with Crippen LogP contribution in [0, 0.1) is 0 Å². The fourth-order valence-corrected chi connectivity index (χ4v) is 2.70. The molecule has 1 aromatic carbocycles. The number of amides is 4. The van der Waals surface area contributed by atoms with Crippen LogP contribution in [0.5, 0.6) is 0 Å². The molecule has 3 atom stereocenters. The molecule has 4 amide bonds. The van der Waals surface area contributed by atoms with Crippen molar-refractivity contribution in [3.8, 4) is 0 Å². The zero-order chi connectivity index (χ0) is 23.4. The summed E-state index contributed by atoms with van der Waals surface area (Å²) < 4.78 is 0. The molecule has 0 saturated carbocycles. The van der Waals surface area contributed by atoms with Gasteiger partial charge in [0, 0.05) is 18.6 Å². The maximum atomic E-state index is 12.8. The minimum Gasteiger partial charge on any atom is -0.480 e. The molecule has 1 rings (SSSR count). The normalized spacial score (nSPS) is 13.4. The van der Waals surface area contributed by atoms with Crippen molar-refractivity contribution < 1.29 is 29.1 Å². The summed E-state index contributed by atoms with van der Waals surface area (Å²) in [5.41, 5.74) is 11.5. The lowest BCUT2D eigenvalue weighted by Crippen LogP contribution is -2.56. The monoisotopic (exact) mass is 453 g/mol. The third kappa shape index (κ3) is 9.96. The van der Waals surface area contributed by atoms with E-state index in [4.69, 9.17) is 16.6 Å². The number of nitrogens with one attached hydrogen (secondary N) is 3. The van der Waals surface area contributed by atoms with Gasteiger partial charge < -0.3 is 32.5 Å². The van der Waals surface area contributed by atoms with E-state index in [1.807, 2.05) is 0 Å². The predicted octanol–water partition coefficient (Wildman–Crippen LogP) is -2.08. The molecule has 0 heterocycles. The molecule has 12 heteroatoms. The number of primary amides is 1. The number of aliphatic carboxylic acids is 1. The van der Waals surface area contributed by atoms with Crippen molar-refractivity contribution in [3.63, 3.8) is 0 Å². The molecule has 1 aromatic rings. The lowest BCUT2D eigenvalue weighted by atomic mass is 10.0. The van der Waals surface area contributed by atoms with Crippen LogP contribution in [0.2, 0.25) is 0 Å². The van der Waals surface area contributed by atoms with Crippen molar-refractivity contribution in [2.75, 3.05) is 12.3 Å². The van der Waals surface area contributed by atoms with Gasteiger partial charge in [-0.3, -0.25) is 24.0 Å². The summed E-state index contributed by atoms with van der Waals surface area (Å²) in [7, 11) is 0. The molecule has 0 aliphatic rings. The van der Waals surface area contributed by atoms with Crippen molar-refractivity contribution in [2.24, 2.45) is 11.5 Å². The SMILES string of the molecule is NC(=O)CCC(NC(=O)C(N)CS)C(=O)NC(Cc1ccccc1)C(=O)NCC(=O)O. The number of rotatable bonds is 13. The highest BCUT2D eigenvalue weighted by Crippen LogP contribution is 2.06. The quantitative estimate of drug-likeness (QED) is 0.166. The van der Waals surface area contributed by atoms with Gasteiger partial charge in [0.2, 0.25) is 23.6 Å². The van der Waals surface area contributed by atoms with Gasteiger partial charge >= 0.3 is 5.97 Å². The zero-order valence-corrected chi connectivity index (χ0v) is 17.6. The summed E-state index contributed by atoms with van der Waals surface area (Å²) in [5.74, 6) is -4.01. The minimum atomic E-state index is -1.24. The smallest absolute Gasteiger partial charge is 0.322 e. The molecule has 170 valence electrons. The average molecular weight is 454 g/mol. The van der Waals surface area contributed by atoms with Crippen molar-refractivity contribution >= 4 is 42.2 Å². The van der Waals surface area contributed by atoms with Crippen LogP contribution in [0.25, 0.3) is 0 Å². The third-order valence-corrected chi connectivity index (χ3v) is 4.57. The number of thiol groups is 1. The Bertz CT molecular complexity index is 791. The number of benzene rings is 1. The molecule has 31 heavy (non-hydrogen) atoms. The molecule has 0 radical (unpaired) electrons. The highest BCUT2D eigenvalue weighted by molar-refractivity contribution is 7.80. The van der Waals surface area contributed by atoms with E-state index in [9.17, 15) is 24.0 Å². The first-order valence-corrected chi connectivity index (χ1v) is 10.1. The van der Waals surface area contributed by atoms with Gasteiger partial charge in [-0.1, -0.05) is 30.3 Å². The van der Waals surface area contributed by atoms with E-state index >= 15 is 0 Å². The van der Waals surface area contributed by atoms with Gasteiger partial charge in [0.05, 0.1) is 6.04 Å². The third-order valence-electron chi connectivity index (χ3n) is 4.18. The Hall–Kier alpha value is -3.12. The van der Waals surface area contributed by atoms with E-state index in [0.29, 0.717) is 5.56 Å². The molecule has 0 aromatic heterocycles. The van der Waals surface area contributed by atoms with Crippen molar-refractivity contribution in [1.82, 2.24) is 16.0 Å². The second kappa shape index (κ2) is 13.2. The Morgan fingerprint density at radius 3 is 2.13 bits per heavy atom. The van der Waals surface area contributed by atoms with Gasteiger partial charge in [-0.2, -0.15) is 12.6 Å². The van der Waals surface area contributed by atoms with Crippen LogP contribution in [0.1, 0.15) is 18.4 Å². The Morgan fingerprint density at radius 2 is 1.58 bits per heavy atom. The van der Waals surface area contributed by atoms with Gasteiger partial charge in [0.1, 0.15) is 18.6 Å². The van der Waals surface area contributed by atoms with Crippen molar-refractivity contribution in [3.05, 3.63) is 35.9 Å². The van der Waals surface area contributed by atoms with E-state index in [2.05, 4.69) is 28.6 Å². The number of nitrogens with two attached hydrogens (primary N) is 2. The van der Waals surface area contributed by atoms with E-state index in [0.717, 1.165) is 0 Å². The van der Waals surface area contributed by atoms with Gasteiger partial charge in [0.15, 0.2) is 0 Å². The summed E-state index contributed by atoms with van der Waals surface area (Å²) >= 11 is 3.93. The van der Waals surface area contributed by atoms with Crippen LogP contribution in [0.15, 0.2) is 30.3 Å². The van der Waals surface area contributed by atoms with Crippen LogP contribution in [-0.2, 0) is 30.4 Å². The lowest BCUT2D eigenvalue weighted by Gasteiger charge is -2.24. The standard InChI is InChI=1S/C19H27N5O6S/c20-12(10-31)17(28)23-13(6-7-15(21)25)19(30)24-14(18(29)22-9-16(26)27)8-11-4-2-1-3-5-11/h1-5,12-14,31H,6-10,20H2,(H2,21,25)(H,22,29)(H,23,28)(H,24,30)(H,26,27). The maximum Gasteiger partial charge on any atom is 0.322 e. The molecule has 3 unspecified atom stereocenters. The van der Waals surface area contributed by atoms with Crippen LogP contribution in [-0.4, -0.2) is 65.1 Å². The van der Waals surface area contributed by atoms with E-state index in [1.165, 1.54) is 0 Å². The number of hydrogen-bond acceptors (Lipinski definition) is 7. The lowest BCUT2D eigenvalue weighted by molar-refractivity contribution is -0.138.